The summed E-state index contributed by atoms with van der Waals surface area (Å²) in [5.74, 6) is 0. The number of carbonyl (C=O) groups excluding carboxylic acids is 1. The summed E-state index contributed by atoms with van der Waals surface area (Å²) in [6, 6.07) is 21.0. The van der Waals surface area contributed by atoms with Gasteiger partial charge < -0.3 is 14.8 Å². The highest BCUT2D eigenvalue weighted by atomic mass is 16.2. The summed E-state index contributed by atoms with van der Waals surface area (Å²) in [5, 5.41) is 4.32. The van der Waals surface area contributed by atoms with Crippen LogP contribution in [0.5, 0.6) is 0 Å². The van der Waals surface area contributed by atoms with Crippen molar-refractivity contribution in [1.29, 1.82) is 0 Å². The maximum Gasteiger partial charge on any atom is 0.317 e. The highest BCUT2D eigenvalue weighted by molar-refractivity contribution is 5.80. The molecule has 1 N–H and O–H groups in total. The topological polar surface area (TPSA) is 37.3 Å². The molecule has 0 unspecified atom stereocenters. The van der Waals surface area contributed by atoms with Gasteiger partial charge in [-0.3, -0.25) is 0 Å². The van der Waals surface area contributed by atoms with Crippen molar-refractivity contribution >= 4 is 22.5 Å². The monoisotopic (exact) mass is 359 g/mol. The molecule has 138 valence electrons. The van der Waals surface area contributed by atoms with E-state index in [1.807, 2.05) is 11.0 Å². The smallest absolute Gasteiger partial charge is 0.317 e. The van der Waals surface area contributed by atoms with Gasteiger partial charge in [0.25, 0.3) is 0 Å². The number of hydrogen-bond acceptors (Lipinski definition) is 1. The van der Waals surface area contributed by atoms with Gasteiger partial charge in [0, 0.05) is 37.9 Å². The minimum absolute atomic E-state index is 0.0377. The number of rotatable bonds is 5. The quantitative estimate of drug-likeness (QED) is 0.668. The van der Waals surface area contributed by atoms with Gasteiger partial charge in [-0.25, -0.2) is 4.79 Å². The largest absolute Gasteiger partial charge is 0.347 e. The lowest BCUT2D eigenvalue weighted by Gasteiger charge is -2.27. The van der Waals surface area contributed by atoms with Crippen LogP contribution in [0, 0.1) is 0 Å². The van der Waals surface area contributed by atoms with Gasteiger partial charge in [-0.15, -0.1) is 0 Å². The van der Waals surface area contributed by atoms with Gasteiger partial charge in [-0.2, -0.15) is 0 Å². The number of nitrogens with one attached hydrogen (secondary N) is 1. The maximum absolute atomic E-state index is 12.4. The van der Waals surface area contributed by atoms with E-state index in [9.17, 15) is 4.79 Å². The SMILES string of the molecule is O=C(NCCCn1ccc2ccccc21)N1CC=C(c2ccccc2)CC1. The van der Waals surface area contributed by atoms with Gasteiger partial charge >= 0.3 is 6.03 Å². The van der Waals surface area contributed by atoms with Crippen molar-refractivity contribution in [3.63, 3.8) is 0 Å². The van der Waals surface area contributed by atoms with E-state index in [-0.39, 0.29) is 6.03 Å². The first-order valence-electron chi connectivity index (χ1n) is 9.62. The van der Waals surface area contributed by atoms with Crippen LogP contribution in [-0.4, -0.2) is 35.1 Å². The minimum atomic E-state index is 0.0377. The molecule has 0 saturated carbocycles. The Hall–Kier alpha value is -3.01. The Kier molecular flexibility index (Phi) is 5.24. The van der Waals surface area contributed by atoms with Crippen molar-refractivity contribution in [3.8, 4) is 0 Å². The number of urea groups is 1. The summed E-state index contributed by atoms with van der Waals surface area (Å²) in [7, 11) is 0. The number of para-hydroxylation sites is 1. The molecule has 2 heterocycles. The zero-order chi connectivity index (χ0) is 18.5. The third kappa shape index (κ3) is 4.05. The molecule has 1 aromatic heterocycles. The van der Waals surface area contributed by atoms with E-state index in [2.05, 4.69) is 76.8 Å². The predicted octanol–water partition coefficient (Wildman–Crippen LogP) is 4.53. The average Bonchev–Trinajstić information content (AvgIpc) is 3.15. The van der Waals surface area contributed by atoms with Gasteiger partial charge in [0.2, 0.25) is 0 Å². The first-order valence-corrected chi connectivity index (χ1v) is 9.62. The number of aromatic nitrogens is 1. The van der Waals surface area contributed by atoms with Crippen molar-refractivity contribution in [2.24, 2.45) is 0 Å². The van der Waals surface area contributed by atoms with Crippen LogP contribution in [0.15, 0.2) is 72.9 Å². The van der Waals surface area contributed by atoms with E-state index in [0.29, 0.717) is 13.1 Å². The zero-order valence-corrected chi connectivity index (χ0v) is 15.5. The third-order valence-corrected chi connectivity index (χ3v) is 5.17. The minimum Gasteiger partial charge on any atom is -0.347 e. The Bertz CT molecular complexity index is 942. The summed E-state index contributed by atoms with van der Waals surface area (Å²) in [6.45, 7) is 3.05. The van der Waals surface area contributed by atoms with Crippen molar-refractivity contribution in [1.82, 2.24) is 14.8 Å². The molecule has 3 aromatic rings. The normalized spacial score (nSPS) is 14.2. The van der Waals surface area contributed by atoms with Crippen LogP contribution < -0.4 is 5.32 Å². The lowest BCUT2D eigenvalue weighted by atomic mass is 10.00. The highest BCUT2D eigenvalue weighted by Gasteiger charge is 2.17. The summed E-state index contributed by atoms with van der Waals surface area (Å²) in [4.78, 5) is 14.3. The summed E-state index contributed by atoms with van der Waals surface area (Å²) >= 11 is 0. The van der Waals surface area contributed by atoms with Crippen molar-refractivity contribution in [3.05, 3.63) is 78.5 Å². The number of amides is 2. The zero-order valence-electron chi connectivity index (χ0n) is 15.5. The summed E-state index contributed by atoms with van der Waals surface area (Å²) < 4.78 is 2.25. The van der Waals surface area contributed by atoms with E-state index in [1.54, 1.807) is 0 Å². The van der Waals surface area contributed by atoms with Crippen LogP contribution in [-0.2, 0) is 6.54 Å². The van der Waals surface area contributed by atoms with E-state index in [4.69, 9.17) is 0 Å². The first-order chi connectivity index (χ1) is 13.3. The van der Waals surface area contributed by atoms with E-state index < -0.39 is 0 Å². The number of fused-ring (bicyclic) bond motifs is 1. The molecule has 0 saturated heterocycles. The molecule has 0 bridgehead atoms. The van der Waals surface area contributed by atoms with E-state index in [0.717, 1.165) is 25.9 Å². The Balaban J connectivity index is 1.24. The molecule has 0 aliphatic carbocycles. The molecule has 0 spiro atoms. The van der Waals surface area contributed by atoms with Crippen LogP contribution >= 0.6 is 0 Å². The Morgan fingerprint density at radius 2 is 1.81 bits per heavy atom. The lowest BCUT2D eigenvalue weighted by molar-refractivity contribution is 0.203. The molecular weight excluding hydrogens is 334 g/mol. The van der Waals surface area contributed by atoms with Crippen LogP contribution in [0.1, 0.15) is 18.4 Å². The van der Waals surface area contributed by atoms with Crippen LogP contribution in [0.3, 0.4) is 0 Å². The number of aryl methyl sites for hydroxylation is 1. The lowest BCUT2D eigenvalue weighted by Crippen LogP contribution is -2.42. The first kappa shape index (κ1) is 17.4. The maximum atomic E-state index is 12.4. The van der Waals surface area contributed by atoms with Gasteiger partial charge in [0.15, 0.2) is 0 Å². The average molecular weight is 359 g/mol. The summed E-state index contributed by atoms with van der Waals surface area (Å²) in [6.07, 6.45) is 6.12. The number of carbonyl (C=O) groups is 1. The molecule has 27 heavy (non-hydrogen) atoms. The molecule has 2 aromatic carbocycles. The molecule has 1 aliphatic heterocycles. The van der Waals surface area contributed by atoms with Gasteiger partial charge in [-0.05, 0) is 41.5 Å². The molecule has 4 nitrogen and oxygen atoms in total. The molecule has 0 atom stereocenters. The van der Waals surface area contributed by atoms with Crippen LogP contribution in [0.2, 0.25) is 0 Å². The fourth-order valence-corrected chi connectivity index (χ4v) is 3.66. The molecule has 0 fully saturated rings. The van der Waals surface area contributed by atoms with Gasteiger partial charge in [-0.1, -0.05) is 54.6 Å². The Labute approximate surface area is 160 Å². The van der Waals surface area contributed by atoms with E-state index >= 15 is 0 Å². The third-order valence-electron chi connectivity index (χ3n) is 5.17. The second kappa shape index (κ2) is 8.12. The van der Waals surface area contributed by atoms with Crippen molar-refractivity contribution in [2.45, 2.75) is 19.4 Å². The highest BCUT2D eigenvalue weighted by Crippen LogP contribution is 2.22. The molecular formula is C23H25N3O. The fraction of sp³-hybridized carbons (Fsp3) is 0.261. The molecule has 0 radical (unpaired) electrons. The standard InChI is InChI=1S/C23H25N3O/c27-23(26-17-11-20(12-18-26)19-7-2-1-3-8-19)24-14-6-15-25-16-13-21-9-4-5-10-22(21)25/h1-5,7-11,13,16H,6,12,14-15,17-18H2,(H,24,27). The van der Waals surface area contributed by atoms with Crippen LogP contribution in [0.25, 0.3) is 16.5 Å². The fourth-order valence-electron chi connectivity index (χ4n) is 3.66. The molecule has 2 amide bonds. The van der Waals surface area contributed by atoms with Crippen molar-refractivity contribution < 1.29 is 4.79 Å². The van der Waals surface area contributed by atoms with E-state index in [1.165, 1.54) is 22.0 Å². The molecule has 4 heteroatoms. The Morgan fingerprint density at radius 1 is 1.00 bits per heavy atom. The van der Waals surface area contributed by atoms with Crippen molar-refractivity contribution in [2.75, 3.05) is 19.6 Å². The number of benzene rings is 2. The second-order valence-electron chi connectivity index (χ2n) is 6.94. The summed E-state index contributed by atoms with van der Waals surface area (Å²) in [5.41, 5.74) is 3.84. The molecule has 4 rings (SSSR count). The van der Waals surface area contributed by atoms with Gasteiger partial charge in [0.1, 0.15) is 0 Å². The molecule has 1 aliphatic rings. The number of hydrogen-bond donors (Lipinski definition) is 1. The second-order valence-corrected chi connectivity index (χ2v) is 6.94. The predicted molar refractivity (Wildman–Crippen MR) is 111 cm³/mol. The van der Waals surface area contributed by atoms with Gasteiger partial charge in [0.05, 0.1) is 0 Å². The van der Waals surface area contributed by atoms with Crippen LogP contribution in [0.4, 0.5) is 4.79 Å². The Morgan fingerprint density at radius 3 is 2.63 bits per heavy atom. The number of nitrogens with zero attached hydrogens (tertiary/aromatic N) is 2.